The SMILES string of the molecule is CC1(C)CN(Cc2cc(F)ccc2[N+](=O)[O-])CCC1N.Cl. The van der Waals surface area contributed by atoms with E-state index in [1.54, 1.807) is 0 Å². The Morgan fingerprint density at radius 1 is 1.52 bits per heavy atom. The fraction of sp³-hybridized carbons (Fsp3) is 0.571. The van der Waals surface area contributed by atoms with Gasteiger partial charge in [-0.3, -0.25) is 15.0 Å². The van der Waals surface area contributed by atoms with Gasteiger partial charge in [-0.1, -0.05) is 13.8 Å². The zero-order valence-electron chi connectivity index (χ0n) is 12.2. The van der Waals surface area contributed by atoms with Gasteiger partial charge in [0.15, 0.2) is 0 Å². The van der Waals surface area contributed by atoms with Crippen LogP contribution in [0.2, 0.25) is 0 Å². The van der Waals surface area contributed by atoms with Crippen LogP contribution in [0.1, 0.15) is 25.8 Å². The first-order valence-electron chi connectivity index (χ1n) is 6.70. The lowest BCUT2D eigenvalue weighted by molar-refractivity contribution is -0.385. The minimum atomic E-state index is -0.463. The van der Waals surface area contributed by atoms with Crippen molar-refractivity contribution in [3.05, 3.63) is 39.7 Å². The standard InChI is InChI=1S/C14H20FN3O2.ClH/c1-14(2)9-17(6-5-13(14)16)8-10-7-11(15)3-4-12(10)18(19)20;/h3-4,7,13H,5-6,8-9,16H2,1-2H3;1H. The van der Waals surface area contributed by atoms with Gasteiger partial charge in [-0.05, 0) is 24.0 Å². The Balaban J connectivity index is 0.00000220. The maximum atomic E-state index is 13.3. The van der Waals surface area contributed by atoms with Gasteiger partial charge in [-0.25, -0.2) is 4.39 Å². The normalized spacial score (nSPS) is 21.6. The number of nitrogens with zero attached hydrogens (tertiary/aromatic N) is 2. The highest BCUT2D eigenvalue weighted by Gasteiger charge is 2.33. The van der Waals surface area contributed by atoms with Crippen LogP contribution in [0.4, 0.5) is 10.1 Å². The second-order valence-electron chi connectivity index (χ2n) is 6.12. The van der Waals surface area contributed by atoms with Crippen LogP contribution in [-0.2, 0) is 6.54 Å². The summed E-state index contributed by atoms with van der Waals surface area (Å²) in [5.74, 6) is -0.446. The van der Waals surface area contributed by atoms with E-state index in [0.29, 0.717) is 12.1 Å². The minimum Gasteiger partial charge on any atom is -0.327 e. The first-order valence-corrected chi connectivity index (χ1v) is 6.70. The predicted octanol–water partition coefficient (Wildman–Crippen LogP) is 2.71. The number of hydrogen-bond donors (Lipinski definition) is 1. The van der Waals surface area contributed by atoms with Crippen molar-refractivity contribution < 1.29 is 9.31 Å². The van der Waals surface area contributed by atoms with E-state index in [1.165, 1.54) is 12.1 Å². The lowest BCUT2D eigenvalue weighted by atomic mass is 9.79. The molecule has 1 aliphatic heterocycles. The van der Waals surface area contributed by atoms with E-state index in [0.717, 1.165) is 25.6 Å². The number of nitrogens with two attached hydrogens (primary N) is 1. The van der Waals surface area contributed by atoms with Crippen LogP contribution < -0.4 is 5.73 Å². The highest BCUT2D eigenvalue weighted by Crippen LogP contribution is 2.30. The number of nitro groups is 1. The fourth-order valence-corrected chi connectivity index (χ4v) is 2.72. The van der Waals surface area contributed by atoms with Crippen molar-refractivity contribution in [3.63, 3.8) is 0 Å². The Morgan fingerprint density at radius 3 is 2.76 bits per heavy atom. The third-order valence-corrected chi connectivity index (χ3v) is 4.02. The third-order valence-electron chi connectivity index (χ3n) is 4.02. The summed E-state index contributed by atoms with van der Waals surface area (Å²) in [5.41, 5.74) is 6.42. The number of likely N-dealkylation sites (tertiary alicyclic amines) is 1. The predicted molar refractivity (Wildman–Crippen MR) is 82.0 cm³/mol. The van der Waals surface area contributed by atoms with Crippen LogP contribution in [0.15, 0.2) is 18.2 Å². The molecule has 1 aromatic rings. The van der Waals surface area contributed by atoms with Crippen LogP contribution in [0, 0.1) is 21.3 Å². The molecule has 2 N–H and O–H groups in total. The van der Waals surface area contributed by atoms with E-state index >= 15 is 0 Å². The van der Waals surface area contributed by atoms with E-state index < -0.39 is 10.7 Å². The number of halogens is 2. The summed E-state index contributed by atoms with van der Waals surface area (Å²) in [6.07, 6.45) is 0.843. The van der Waals surface area contributed by atoms with Gasteiger partial charge in [-0.2, -0.15) is 0 Å². The molecule has 0 spiro atoms. The van der Waals surface area contributed by atoms with Crippen molar-refractivity contribution in [1.29, 1.82) is 0 Å². The van der Waals surface area contributed by atoms with Crippen molar-refractivity contribution in [2.45, 2.75) is 32.9 Å². The van der Waals surface area contributed by atoms with E-state index in [9.17, 15) is 14.5 Å². The molecule has 1 fully saturated rings. The molecule has 1 heterocycles. The molecule has 0 radical (unpaired) electrons. The van der Waals surface area contributed by atoms with Crippen LogP contribution in [0.5, 0.6) is 0 Å². The molecule has 1 saturated heterocycles. The van der Waals surface area contributed by atoms with Gasteiger partial charge in [-0.15, -0.1) is 12.4 Å². The summed E-state index contributed by atoms with van der Waals surface area (Å²) in [6.45, 7) is 6.08. The lowest BCUT2D eigenvalue weighted by Crippen LogP contribution is -2.52. The molecule has 118 valence electrons. The maximum Gasteiger partial charge on any atom is 0.274 e. The zero-order valence-corrected chi connectivity index (χ0v) is 13.0. The van der Waals surface area contributed by atoms with Crippen molar-refractivity contribution in [3.8, 4) is 0 Å². The Labute approximate surface area is 129 Å². The molecule has 2 rings (SSSR count). The van der Waals surface area contributed by atoms with Gasteiger partial charge < -0.3 is 5.73 Å². The van der Waals surface area contributed by atoms with Gasteiger partial charge in [0.25, 0.3) is 5.69 Å². The summed E-state index contributed by atoms with van der Waals surface area (Å²) in [5, 5.41) is 11.0. The van der Waals surface area contributed by atoms with Gasteiger partial charge >= 0.3 is 0 Å². The number of hydrogen-bond acceptors (Lipinski definition) is 4. The minimum absolute atomic E-state index is 0. The molecule has 1 aromatic carbocycles. The second kappa shape index (κ2) is 6.68. The van der Waals surface area contributed by atoms with Crippen LogP contribution in [0.25, 0.3) is 0 Å². The fourth-order valence-electron chi connectivity index (χ4n) is 2.72. The number of piperidine rings is 1. The number of benzene rings is 1. The average molecular weight is 318 g/mol. The Bertz CT molecular complexity index is 525. The Morgan fingerprint density at radius 2 is 2.19 bits per heavy atom. The molecule has 1 unspecified atom stereocenters. The highest BCUT2D eigenvalue weighted by atomic mass is 35.5. The van der Waals surface area contributed by atoms with E-state index in [2.05, 4.69) is 18.7 Å². The molecule has 5 nitrogen and oxygen atoms in total. The molecule has 1 aliphatic rings. The highest BCUT2D eigenvalue weighted by molar-refractivity contribution is 5.85. The molecule has 0 amide bonds. The zero-order chi connectivity index (χ0) is 14.9. The first-order chi connectivity index (χ1) is 9.29. The monoisotopic (exact) mass is 317 g/mol. The van der Waals surface area contributed by atoms with Crippen molar-refractivity contribution in [2.75, 3.05) is 13.1 Å². The summed E-state index contributed by atoms with van der Waals surface area (Å²) in [4.78, 5) is 12.6. The summed E-state index contributed by atoms with van der Waals surface area (Å²) in [7, 11) is 0. The van der Waals surface area contributed by atoms with Gasteiger partial charge in [0.2, 0.25) is 0 Å². The van der Waals surface area contributed by atoms with E-state index in [1.807, 2.05) is 0 Å². The molecule has 0 aromatic heterocycles. The molecule has 0 bridgehead atoms. The van der Waals surface area contributed by atoms with Gasteiger partial charge in [0, 0.05) is 37.3 Å². The van der Waals surface area contributed by atoms with Crippen molar-refractivity contribution in [2.24, 2.45) is 11.1 Å². The van der Waals surface area contributed by atoms with Crippen molar-refractivity contribution in [1.82, 2.24) is 4.90 Å². The smallest absolute Gasteiger partial charge is 0.274 e. The third kappa shape index (κ3) is 4.12. The molecular weight excluding hydrogens is 297 g/mol. The lowest BCUT2D eigenvalue weighted by Gasteiger charge is -2.42. The topological polar surface area (TPSA) is 72.4 Å². The molecule has 0 saturated carbocycles. The second-order valence-corrected chi connectivity index (χ2v) is 6.12. The molecule has 0 aliphatic carbocycles. The summed E-state index contributed by atoms with van der Waals surface area (Å²) in [6, 6.07) is 3.73. The number of nitro benzene ring substituents is 1. The van der Waals surface area contributed by atoms with Crippen LogP contribution in [-0.4, -0.2) is 29.0 Å². The van der Waals surface area contributed by atoms with E-state index in [4.69, 9.17) is 5.73 Å². The van der Waals surface area contributed by atoms with Crippen LogP contribution in [0.3, 0.4) is 0 Å². The molecule has 21 heavy (non-hydrogen) atoms. The van der Waals surface area contributed by atoms with Gasteiger partial charge in [0.05, 0.1) is 4.92 Å². The first kappa shape index (κ1) is 17.8. The van der Waals surface area contributed by atoms with Gasteiger partial charge in [0.1, 0.15) is 5.82 Å². The number of rotatable bonds is 3. The molecule has 7 heteroatoms. The quantitative estimate of drug-likeness (QED) is 0.687. The summed E-state index contributed by atoms with van der Waals surface area (Å²) < 4.78 is 13.3. The average Bonchev–Trinajstić information content (AvgIpc) is 2.33. The molecule has 1 atom stereocenters. The van der Waals surface area contributed by atoms with E-state index in [-0.39, 0.29) is 29.6 Å². The Kier molecular flexibility index (Phi) is 5.67. The van der Waals surface area contributed by atoms with Crippen LogP contribution >= 0.6 is 12.4 Å². The Hall–Kier alpha value is -1.24. The largest absolute Gasteiger partial charge is 0.327 e. The maximum absolute atomic E-state index is 13.3. The van der Waals surface area contributed by atoms with Crippen molar-refractivity contribution >= 4 is 18.1 Å². The molecular formula is C14H21ClFN3O2. The summed E-state index contributed by atoms with van der Waals surface area (Å²) >= 11 is 0.